The molecule has 0 fully saturated rings. The van der Waals surface area contributed by atoms with E-state index < -0.39 is 15.6 Å². The van der Waals surface area contributed by atoms with Crippen LogP contribution >= 0.6 is 11.6 Å². The van der Waals surface area contributed by atoms with Crippen molar-refractivity contribution in [2.75, 3.05) is 32.8 Å². The summed E-state index contributed by atoms with van der Waals surface area (Å²) in [5.74, 6) is 0. The Bertz CT molecular complexity index is 555. The van der Waals surface area contributed by atoms with Crippen molar-refractivity contribution in [1.82, 2.24) is 9.62 Å². The predicted molar refractivity (Wildman–Crippen MR) is 86.5 cm³/mol. The second-order valence-corrected chi connectivity index (χ2v) is 7.79. The Morgan fingerprint density at radius 2 is 1.64 bits per heavy atom. The third-order valence-corrected chi connectivity index (χ3v) is 4.95. The van der Waals surface area contributed by atoms with Gasteiger partial charge in [-0.2, -0.15) is 0 Å². The molecular formula is C14H23ClN2O4S. The molecule has 0 bridgehead atoms. The van der Waals surface area contributed by atoms with E-state index in [2.05, 4.69) is 4.72 Å². The summed E-state index contributed by atoms with van der Waals surface area (Å²) in [6.45, 7) is 4.49. The van der Waals surface area contributed by atoms with E-state index in [4.69, 9.17) is 21.8 Å². The van der Waals surface area contributed by atoms with Crippen molar-refractivity contribution >= 4 is 21.6 Å². The molecule has 0 aliphatic heterocycles. The van der Waals surface area contributed by atoms with Crippen molar-refractivity contribution in [2.24, 2.45) is 0 Å². The molecule has 0 atom stereocenters. The lowest BCUT2D eigenvalue weighted by Crippen LogP contribution is -2.52. The lowest BCUT2D eigenvalue weighted by atomic mass is 10.1. The van der Waals surface area contributed by atoms with Gasteiger partial charge in [0.05, 0.1) is 18.1 Å². The van der Waals surface area contributed by atoms with Crippen LogP contribution in [0.5, 0.6) is 0 Å². The molecular weight excluding hydrogens is 328 g/mol. The van der Waals surface area contributed by atoms with Crippen molar-refractivity contribution in [2.45, 2.75) is 24.3 Å². The van der Waals surface area contributed by atoms with Gasteiger partial charge in [-0.25, -0.2) is 13.1 Å². The average molecular weight is 351 g/mol. The number of benzene rings is 1. The van der Waals surface area contributed by atoms with Gasteiger partial charge in [0.1, 0.15) is 0 Å². The molecule has 1 aromatic rings. The molecule has 0 amide bonds. The van der Waals surface area contributed by atoms with Gasteiger partial charge in [0, 0.05) is 30.2 Å². The first-order valence-electron chi connectivity index (χ1n) is 6.94. The molecule has 3 N–H and O–H groups in total. The molecule has 0 saturated carbocycles. The number of aliphatic hydroxyl groups is 2. The number of nitrogens with one attached hydrogen (secondary N) is 1. The molecule has 126 valence electrons. The van der Waals surface area contributed by atoms with E-state index >= 15 is 0 Å². The van der Waals surface area contributed by atoms with Crippen molar-refractivity contribution in [1.29, 1.82) is 0 Å². The predicted octanol–water partition coefficient (Wildman–Crippen LogP) is 0.683. The number of halogens is 1. The Balaban J connectivity index is 2.82. The normalized spacial score (nSPS) is 12.8. The SMILES string of the molecule is CC(C)(CN(CCO)CCO)NS(=O)(=O)c1ccc(Cl)cc1. The highest BCUT2D eigenvalue weighted by atomic mass is 35.5. The second-order valence-electron chi connectivity index (χ2n) is 5.67. The van der Waals surface area contributed by atoms with E-state index in [9.17, 15) is 8.42 Å². The number of hydrogen-bond donors (Lipinski definition) is 3. The van der Waals surface area contributed by atoms with Gasteiger partial charge in [-0.05, 0) is 38.1 Å². The number of sulfonamides is 1. The summed E-state index contributed by atoms with van der Waals surface area (Å²) in [5.41, 5.74) is -0.761. The third-order valence-electron chi connectivity index (χ3n) is 2.99. The van der Waals surface area contributed by atoms with Crippen LogP contribution in [0.2, 0.25) is 5.02 Å². The lowest BCUT2D eigenvalue weighted by Gasteiger charge is -2.32. The van der Waals surface area contributed by atoms with Crippen molar-refractivity contribution in [3.63, 3.8) is 0 Å². The van der Waals surface area contributed by atoms with Crippen LogP contribution in [0.1, 0.15) is 13.8 Å². The minimum absolute atomic E-state index is 0.0555. The van der Waals surface area contributed by atoms with E-state index in [1.54, 1.807) is 18.7 Å². The highest BCUT2D eigenvalue weighted by Crippen LogP contribution is 2.17. The zero-order chi connectivity index (χ0) is 16.8. The molecule has 0 aromatic heterocycles. The third kappa shape index (κ3) is 6.20. The monoisotopic (exact) mass is 350 g/mol. The van der Waals surface area contributed by atoms with Crippen LogP contribution in [-0.2, 0) is 10.0 Å². The minimum Gasteiger partial charge on any atom is -0.395 e. The average Bonchev–Trinajstić information content (AvgIpc) is 2.37. The molecule has 22 heavy (non-hydrogen) atoms. The molecule has 0 unspecified atom stereocenters. The largest absolute Gasteiger partial charge is 0.395 e. The first-order valence-corrected chi connectivity index (χ1v) is 8.80. The summed E-state index contributed by atoms with van der Waals surface area (Å²) >= 11 is 5.76. The van der Waals surface area contributed by atoms with E-state index in [0.29, 0.717) is 24.7 Å². The van der Waals surface area contributed by atoms with Gasteiger partial charge in [0.15, 0.2) is 0 Å². The van der Waals surface area contributed by atoms with E-state index in [0.717, 1.165) is 0 Å². The van der Waals surface area contributed by atoms with Crippen LogP contribution in [0.4, 0.5) is 0 Å². The zero-order valence-electron chi connectivity index (χ0n) is 12.8. The van der Waals surface area contributed by atoms with Crippen LogP contribution < -0.4 is 4.72 Å². The van der Waals surface area contributed by atoms with Gasteiger partial charge in [0.25, 0.3) is 0 Å². The lowest BCUT2D eigenvalue weighted by molar-refractivity contribution is 0.139. The van der Waals surface area contributed by atoms with Crippen LogP contribution in [-0.4, -0.2) is 61.9 Å². The van der Waals surface area contributed by atoms with Crippen LogP contribution in [0.25, 0.3) is 0 Å². The molecule has 0 radical (unpaired) electrons. The fourth-order valence-corrected chi connectivity index (χ4v) is 3.71. The van der Waals surface area contributed by atoms with Gasteiger partial charge in [-0.1, -0.05) is 11.6 Å². The van der Waals surface area contributed by atoms with E-state index in [-0.39, 0.29) is 18.1 Å². The Morgan fingerprint density at radius 1 is 1.14 bits per heavy atom. The molecule has 1 aromatic carbocycles. The topological polar surface area (TPSA) is 89.9 Å². The molecule has 0 saturated heterocycles. The molecule has 0 aliphatic rings. The number of hydrogen-bond acceptors (Lipinski definition) is 5. The molecule has 6 nitrogen and oxygen atoms in total. The van der Waals surface area contributed by atoms with Gasteiger partial charge in [-0.15, -0.1) is 0 Å². The summed E-state index contributed by atoms with van der Waals surface area (Å²) in [6.07, 6.45) is 0. The Labute approximate surface area is 136 Å². The number of aliphatic hydroxyl groups excluding tert-OH is 2. The van der Waals surface area contributed by atoms with Crippen molar-refractivity contribution in [3.8, 4) is 0 Å². The highest BCUT2D eigenvalue weighted by molar-refractivity contribution is 7.89. The van der Waals surface area contributed by atoms with Crippen molar-refractivity contribution < 1.29 is 18.6 Å². The minimum atomic E-state index is -3.67. The molecule has 0 heterocycles. The fourth-order valence-electron chi connectivity index (χ4n) is 2.18. The first-order chi connectivity index (χ1) is 10.2. The first kappa shape index (κ1) is 19.3. The summed E-state index contributed by atoms with van der Waals surface area (Å²) in [5, 5.41) is 18.5. The maximum absolute atomic E-state index is 12.4. The summed E-state index contributed by atoms with van der Waals surface area (Å²) in [6, 6.07) is 5.93. The molecule has 1 rings (SSSR count). The van der Waals surface area contributed by atoms with E-state index in [1.165, 1.54) is 24.3 Å². The summed E-state index contributed by atoms with van der Waals surface area (Å²) in [4.78, 5) is 1.94. The Morgan fingerprint density at radius 3 is 2.09 bits per heavy atom. The van der Waals surface area contributed by atoms with Crippen LogP contribution in [0.3, 0.4) is 0 Å². The quantitative estimate of drug-likeness (QED) is 0.609. The Hall–Kier alpha value is -0.700. The van der Waals surface area contributed by atoms with E-state index in [1.807, 2.05) is 0 Å². The van der Waals surface area contributed by atoms with Gasteiger partial charge in [0.2, 0.25) is 10.0 Å². The van der Waals surface area contributed by atoms with Crippen LogP contribution in [0.15, 0.2) is 29.2 Å². The standard InChI is InChI=1S/C14H23ClN2O4S/c1-14(2,11-17(7-9-18)8-10-19)16-22(20,21)13-5-3-12(15)4-6-13/h3-6,16,18-19H,7-11H2,1-2H3. The zero-order valence-corrected chi connectivity index (χ0v) is 14.4. The maximum atomic E-state index is 12.4. The number of nitrogens with zero attached hydrogens (tertiary/aromatic N) is 1. The van der Waals surface area contributed by atoms with Gasteiger partial charge < -0.3 is 10.2 Å². The van der Waals surface area contributed by atoms with Crippen LogP contribution in [0, 0.1) is 0 Å². The fraction of sp³-hybridized carbons (Fsp3) is 0.571. The number of rotatable bonds is 9. The highest BCUT2D eigenvalue weighted by Gasteiger charge is 2.28. The smallest absolute Gasteiger partial charge is 0.241 e. The molecule has 8 heteroatoms. The summed E-state index contributed by atoms with van der Waals surface area (Å²) < 4.78 is 27.4. The van der Waals surface area contributed by atoms with Crippen molar-refractivity contribution in [3.05, 3.63) is 29.3 Å². The second kappa shape index (κ2) is 8.24. The Kier molecular flexibility index (Phi) is 7.24. The van der Waals surface area contributed by atoms with Gasteiger partial charge in [-0.3, -0.25) is 4.90 Å². The molecule has 0 aliphatic carbocycles. The molecule has 0 spiro atoms. The van der Waals surface area contributed by atoms with Gasteiger partial charge >= 0.3 is 0 Å². The summed E-state index contributed by atoms with van der Waals surface area (Å²) in [7, 11) is -3.67. The maximum Gasteiger partial charge on any atom is 0.241 e.